The van der Waals surface area contributed by atoms with Crippen molar-refractivity contribution in [3.8, 4) is 0 Å². The Hall–Kier alpha value is -1.69. The predicted molar refractivity (Wildman–Crippen MR) is 88.4 cm³/mol. The van der Waals surface area contributed by atoms with E-state index < -0.39 is 0 Å². The first-order valence-corrected chi connectivity index (χ1v) is 8.15. The van der Waals surface area contributed by atoms with E-state index in [2.05, 4.69) is 17.5 Å². The van der Waals surface area contributed by atoms with Crippen molar-refractivity contribution in [1.82, 2.24) is 9.80 Å². The van der Waals surface area contributed by atoms with E-state index >= 15 is 0 Å². The first-order valence-electron chi connectivity index (χ1n) is 8.15. The van der Waals surface area contributed by atoms with Crippen molar-refractivity contribution in [1.29, 1.82) is 0 Å². The van der Waals surface area contributed by atoms with E-state index in [-0.39, 0.29) is 5.91 Å². The number of ether oxygens (including phenoxy) is 2. The van der Waals surface area contributed by atoms with Gasteiger partial charge in [-0.1, -0.05) is 18.7 Å². The molecule has 0 aromatic heterocycles. The molecule has 5 nitrogen and oxygen atoms in total. The molecule has 0 aliphatic carbocycles. The molecule has 0 atom stereocenters. The molecule has 0 spiro atoms. The Morgan fingerprint density at radius 3 is 2.74 bits per heavy atom. The van der Waals surface area contributed by atoms with Gasteiger partial charge in [0.15, 0.2) is 0 Å². The monoisotopic (exact) mass is 316 g/mol. The van der Waals surface area contributed by atoms with Crippen LogP contribution >= 0.6 is 0 Å². The van der Waals surface area contributed by atoms with Gasteiger partial charge in [-0.3, -0.25) is 9.69 Å². The molecule has 2 heterocycles. The lowest BCUT2D eigenvalue weighted by Gasteiger charge is -2.27. The molecule has 2 aliphatic rings. The van der Waals surface area contributed by atoms with Crippen molar-refractivity contribution < 1.29 is 14.3 Å². The lowest BCUT2D eigenvalue weighted by Crippen LogP contribution is -2.36. The van der Waals surface area contributed by atoms with Gasteiger partial charge in [0, 0.05) is 38.3 Å². The van der Waals surface area contributed by atoms with E-state index in [1.807, 2.05) is 23.1 Å². The van der Waals surface area contributed by atoms with Crippen LogP contribution in [0.25, 0.3) is 0 Å². The van der Waals surface area contributed by atoms with E-state index in [0.717, 1.165) is 44.0 Å². The summed E-state index contributed by atoms with van der Waals surface area (Å²) >= 11 is 0. The molecule has 0 radical (unpaired) electrons. The topological polar surface area (TPSA) is 42.0 Å². The summed E-state index contributed by atoms with van der Waals surface area (Å²) < 4.78 is 10.8. The van der Waals surface area contributed by atoms with E-state index in [1.165, 1.54) is 5.56 Å². The van der Waals surface area contributed by atoms with Crippen molar-refractivity contribution in [3.63, 3.8) is 0 Å². The van der Waals surface area contributed by atoms with E-state index in [1.54, 1.807) is 0 Å². The Bertz CT molecular complexity index is 567. The fraction of sp³-hybridized carbons (Fsp3) is 0.500. The summed E-state index contributed by atoms with van der Waals surface area (Å²) in [6.45, 7) is 10.6. The van der Waals surface area contributed by atoms with Gasteiger partial charge in [0.05, 0.1) is 26.4 Å². The standard InChI is InChI=1S/C18H24N2O3/c1-15-12-20(7-10-23-14-15)18(21)17-4-2-3-16(11-17)13-19-5-8-22-9-6-19/h2-4,11H,1,5-10,12-14H2. The summed E-state index contributed by atoms with van der Waals surface area (Å²) in [5.41, 5.74) is 2.86. The van der Waals surface area contributed by atoms with Gasteiger partial charge in [0.1, 0.15) is 0 Å². The van der Waals surface area contributed by atoms with Crippen LogP contribution in [0.15, 0.2) is 36.4 Å². The summed E-state index contributed by atoms with van der Waals surface area (Å²) in [5, 5.41) is 0. The first kappa shape index (κ1) is 16.2. The predicted octanol–water partition coefficient (Wildman–Crippen LogP) is 1.55. The highest BCUT2D eigenvalue weighted by atomic mass is 16.5. The molecule has 1 aromatic carbocycles. The highest BCUT2D eigenvalue weighted by Crippen LogP contribution is 2.14. The van der Waals surface area contributed by atoms with Gasteiger partial charge in [-0.15, -0.1) is 0 Å². The maximum atomic E-state index is 12.7. The maximum absolute atomic E-state index is 12.7. The Morgan fingerprint density at radius 2 is 1.91 bits per heavy atom. The van der Waals surface area contributed by atoms with Crippen molar-refractivity contribution in [3.05, 3.63) is 47.5 Å². The Morgan fingerprint density at radius 1 is 1.13 bits per heavy atom. The highest BCUT2D eigenvalue weighted by Gasteiger charge is 2.19. The zero-order chi connectivity index (χ0) is 16.1. The van der Waals surface area contributed by atoms with Crippen molar-refractivity contribution >= 4 is 5.91 Å². The lowest BCUT2D eigenvalue weighted by atomic mass is 10.1. The molecule has 0 unspecified atom stereocenters. The highest BCUT2D eigenvalue weighted by molar-refractivity contribution is 5.94. The number of rotatable bonds is 3. The maximum Gasteiger partial charge on any atom is 0.254 e. The number of nitrogens with zero attached hydrogens (tertiary/aromatic N) is 2. The van der Waals surface area contributed by atoms with Crippen LogP contribution in [0.2, 0.25) is 0 Å². The molecule has 0 bridgehead atoms. The minimum Gasteiger partial charge on any atom is -0.379 e. The summed E-state index contributed by atoms with van der Waals surface area (Å²) in [6.07, 6.45) is 0. The molecular formula is C18H24N2O3. The quantitative estimate of drug-likeness (QED) is 0.794. The van der Waals surface area contributed by atoms with Gasteiger partial charge in [0.25, 0.3) is 5.91 Å². The molecule has 2 saturated heterocycles. The molecule has 1 amide bonds. The summed E-state index contributed by atoms with van der Waals surface area (Å²) in [5.74, 6) is 0.0560. The lowest BCUT2D eigenvalue weighted by molar-refractivity contribution is 0.0341. The zero-order valence-electron chi connectivity index (χ0n) is 13.5. The third-order valence-corrected chi connectivity index (χ3v) is 4.20. The molecule has 5 heteroatoms. The molecule has 3 rings (SSSR count). The van der Waals surface area contributed by atoms with Crippen LogP contribution in [-0.4, -0.2) is 68.3 Å². The van der Waals surface area contributed by atoms with Crippen molar-refractivity contribution in [2.75, 3.05) is 52.6 Å². The number of hydrogen-bond acceptors (Lipinski definition) is 4. The third-order valence-electron chi connectivity index (χ3n) is 4.20. The van der Waals surface area contributed by atoms with Crippen LogP contribution in [-0.2, 0) is 16.0 Å². The normalized spacial score (nSPS) is 20.3. The average Bonchev–Trinajstić information content (AvgIpc) is 2.80. The molecular weight excluding hydrogens is 292 g/mol. The molecule has 2 aliphatic heterocycles. The van der Waals surface area contributed by atoms with Crippen molar-refractivity contribution in [2.24, 2.45) is 0 Å². The molecule has 2 fully saturated rings. The van der Waals surface area contributed by atoms with Crippen LogP contribution in [0, 0.1) is 0 Å². The second-order valence-corrected chi connectivity index (χ2v) is 6.12. The van der Waals surface area contributed by atoms with E-state index in [0.29, 0.717) is 26.3 Å². The largest absolute Gasteiger partial charge is 0.379 e. The Balaban J connectivity index is 1.68. The van der Waals surface area contributed by atoms with Gasteiger partial charge in [-0.05, 0) is 23.3 Å². The van der Waals surface area contributed by atoms with Crippen LogP contribution in [0.5, 0.6) is 0 Å². The number of carbonyl (C=O) groups is 1. The minimum absolute atomic E-state index is 0.0560. The summed E-state index contributed by atoms with van der Waals surface area (Å²) in [4.78, 5) is 16.9. The van der Waals surface area contributed by atoms with Gasteiger partial charge < -0.3 is 14.4 Å². The van der Waals surface area contributed by atoms with E-state index in [4.69, 9.17) is 9.47 Å². The molecule has 23 heavy (non-hydrogen) atoms. The van der Waals surface area contributed by atoms with Crippen molar-refractivity contribution in [2.45, 2.75) is 6.54 Å². The molecule has 124 valence electrons. The van der Waals surface area contributed by atoms with Gasteiger partial charge >= 0.3 is 0 Å². The number of morpholine rings is 1. The first-order chi connectivity index (χ1) is 11.2. The number of hydrogen-bond donors (Lipinski definition) is 0. The average molecular weight is 316 g/mol. The van der Waals surface area contributed by atoms with Gasteiger partial charge in [-0.2, -0.15) is 0 Å². The minimum atomic E-state index is 0.0560. The molecule has 1 aromatic rings. The van der Waals surface area contributed by atoms with Crippen LogP contribution < -0.4 is 0 Å². The molecule has 0 saturated carbocycles. The number of amides is 1. The molecule has 0 N–H and O–H groups in total. The summed E-state index contributed by atoms with van der Waals surface area (Å²) in [6, 6.07) is 7.94. The van der Waals surface area contributed by atoms with Gasteiger partial charge in [-0.25, -0.2) is 0 Å². The third kappa shape index (κ3) is 4.41. The zero-order valence-corrected chi connectivity index (χ0v) is 13.5. The number of carbonyl (C=O) groups excluding carboxylic acids is 1. The fourth-order valence-corrected chi connectivity index (χ4v) is 2.96. The van der Waals surface area contributed by atoms with Gasteiger partial charge in [0.2, 0.25) is 0 Å². The van der Waals surface area contributed by atoms with E-state index in [9.17, 15) is 4.79 Å². The summed E-state index contributed by atoms with van der Waals surface area (Å²) in [7, 11) is 0. The number of benzene rings is 1. The Labute approximate surface area is 137 Å². The van der Waals surface area contributed by atoms with Crippen LogP contribution in [0.4, 0.5) is 0 Å². The van der Waals surface area contributed by atoms with Crippen LogP contribution in [0.1, 0.15) is 15.9 Å². The fourth-order valence-electron chi connectivity index (χ4n) is 2.96. The second-order valence-electron chi connectivity index (χ2n) is 6.12. The van der Waals surface area contributed by atoms with Crippen LogP contribution in [0.3, 0.4) is 0 Å². The SMILES string of the molecule is C=C1COCCN(C(=O)c2cccc(CN3CCOCC3)c2)C1. The smallest absolute Gasteiger partial charge is 0.254 e. The second kappa shape index (κ2) is 7.73. The Kier molecular flexibility index (Phi) is 5.43.